The summed E-state index contributed by atoms with van der Waals surface area (Å²) in [5.74, 6) is 2.21. The monoisotopic (exact) mass is 370 g/mol. The molecule has 2 aromatic carbocycles. The number of aliphatic imine (C=N–C) groups is 1. The number of nitrogens with one attached hydrogen (secondary N) is 1. The minimum absolute atomic E-state index is 0.145. The molecule has 4 rings (SSSR count). The number of halogens is 2. The van der Waals surface area contributed by atoms with Gasteiger partial charge in [-0.15, -0.1) is 0 Å². The molecule has 0 saturated carbocycles. The smallest absolute Gasteiger partial charge is 0.148 e. The Balaban J connectivity index is 1.85. The van der Waals surface area contributed by atoms with Gasteiger partial charge in [0.1, 0.15) is 22.0 Å². The van der Waals surface area contributed by atoms with Crippen LogP contribution in [0.25, 0.3) is 16.9 Å². The molecule has 1 N–H and O–H groups in total. The number of aryl methyl sites for hydroxylation is 1. The van der Waals surface area contributed by atoms with E-state index in [-0.39, 0.29) is 4.49 Å². The molecule has 0 saturated heterocycles. The summed E-state index contributed by atoms with van der Waals surface area (Å²) in [6.45, 7) is 2.69. The molecule has 0 spiro atoms. The Morgan fingerprint density at radius 1 is 1.08 bits per heavy atom. The molecular formula is C19H16Cl2N4. The van der Waals surface area contributed by atoms with Crippen LogP contribution in [-0.2, 0) is 6.42 Å². The van der Waals surface area contributed by atoms with E-state index in [1.54, 1.807) is 0 Å². The minimum atomic E-state index is 0.145. The van der Waals surface area contributed by atoms with Gasteiger partial charge < -0.3 is 5.32 Å². The first-order valence-electron chi connectivity index (χ1n) is 8.04. The Hall–Kier alpha value is -2.30. The summed E-state index contributed by atoms with van der Waals surface area (Å²) in [5.41, 5.74) is 4.06. The van der Waals surface area contributed by atoms with Gasteiger partial charge in [0.05, 0.1) is 11.0 Å². The van der Waals surface area contributed by atoms with Crippen molar-refractivity contribution < 1.29 is 0 Å². The van der Waals surface area contributed by atoms with Crippen LogP contribution in [0.3, 0.4) is 0 Å². The number of rotatable bonds is 1. The van der Waals surface area contributed by atoms with Gasteiger partial charge in [0, 0.05) is 18.5 Å². The highest BCUT2D eigenvalue weighted by Crippen LogP contribution is 2.26. The van der Waals surface area contributed by atoms with E-state index in [1.165, 1.54) is 5.56 Å². The molecular weight excluding hydrogens is 355 g/mol. The third kappa shape index (κ3) is 3.03. The van der Waals surface area contributed by atoms with Crippen LogP contribution in [0.2, 0.25) is 0 Å². The van der Waals surface area contributed by atoms with Crippen molar-refractivity contribution in [3.8, 4) is 0 Å². The molecule has 0 atom stereocenters. The third-order valence-electron chi connectivity index (χ3n) is 4.20. The zero-order chi connectivity index (χ0) is 17.4. The summed E-state index contributed by atoms with van der Waals surface area (Å²) < 4.78 is 2.12. The molecule has 1 aliphatic rings. The molecule has 0 radical (unpaired) electrons. The first-order valence-corrected chi connectivity index (χ1v) is 8.79. The molecule has 0 amide bonds. The second-order valence-electron chi connectivity index (χ2n) is 5.93. The maximum Gasteiger partial charge on any atom is 0.148 e. The van der Waals surface area contributed by atoms with Crippen molar-refractivity contribution in [2.45, 2.75) is 13.3 Å². The van der Waals surface area contributed by atoms with Gasteiger partial charge in [0.25, 0.3) is 0 Å². The number of nitrogens with zero attached hydrogens (tertiary/aromatic N) is 3. The molecule has 0 bridgehead atoms. The van der Waals surface area contributed by atoms with Crippen molar-refractivity contribution in [2.75, 3.05) is 6.54 Å². The lowest BCUT2D eigenvalue weighted by atomic mass is 10.1. The summed E-state index contributed by atoms with van der Waals surface area (Å²) in [5, 5.41) is 3.31. The Labute approximate surface area is 155 Å². The first-order chi connectivity index (χ1) is 12.1. The van der Waals surface area contributed by atoms with E-state index < -0.39 is 0 Å². The van der Waals surface area contributed by atoms with Gasteiger partial charge in [0.15, 0.2) is 0 Å². The summed E-state index contributed by atoms with van der Waals surface area (Å²) >= 11 is 12.4. The van der Waals surface area contributed by atoms with Gasteiger partial charge in [-0.25, -0.2) is 4.98 Å². The van der Waals surface area contributed by atoms with Crippen molar-refractivity contribution in [1.29, 1.82) is 0 Å². The number of fused-ring (bicyclic) bond motifs is 3. The summed E-state index contributed by atoms with van der Waals surface area (Å²) in [7, 11) is 0. The normalized spacial score (nSPS) is 14.4. The number of benzene rings is 2. The largest absolute Gasteiger partial charge is 0.324 e. The molecule has 2 heterocycles. The third-order valence-corrected chi connectivity index (χ3v) is 4.56. The number of para-hydroxylation sites is 2. The molecule has 1 aromatic heterocycles. The highest BCUT2D eigenvalue weighted by molar-refractivity contribution is 6.58. The average molecular weight is 371 g/mol. The number of imidazole rings is 1. The van der Waals surface area contributed by atoms with Crippen LogP contribution in [0.4, 0.5) is 0 Å². The average Bonchev–Trinajstić information content (AvgIpc) is 2.93. The molecule has 3 aromatic rings. The lowest BCUT2D eigenvalue weighted by Gasteiger charge is -2.20. The van der Waals surface area contributed by atoms with Crippen LogP contribution in [0.1, 0.15) is 17.0 Å². The van der Waals surface area contributed by atoms with Gasteiger partial charge in [0.2, 0.25) is 0 Å². The predicted molar refractivity (Wildman–Crippen MR) is 104 cm³/mol. The molecule has 25 heavy (non-hydrogen) atoms. The fourth-order valence-corrected chi connectivity index (χ4v) is 3.24. The number of hydrogen-bond acceptors (Lipinski definition) is 3. The fraction of sp³-hybridized carbons (Fsp3) is 0.158. The van der Waals surface area contributed by atoms with E-state index in [4.69, 9.17) is 28.2 Å². The van der Waals surface area contributed by atoms with Crippen LogP contribution in [-0.4, -0.2) is 21.9 Å². The second kappa shape index (κ2) is 6.54. The lowest BCUT2D eigenvalue weighted by molar-refractivity contribution is 0.822. The van der Waals surface area contributed by atoms with Crippen molar-refractivity contribution in [1.82, 2.24) is 14.9 Å². The molecule has 0 unspecified atom stereocenters. The molecule has 0 fully saturated rings. The molecule has 4 nitrogen and oxygen atoms in total. The number of hydrogen-bond donors (Lipinski definition) is 1. The van der Waals surface area contributed by atoms with Gasteiger partial charge in [-0.1, -0.05) is 65.2 Å². The zero-order valence-corrected chi connectivity index (χ0v) is 15.1. The number of amidine groups is 1. The van der Waals surface area contributed by atoms with Gasteiger partial charge in [-0.3, -0.25) is 9.56 Å². The lowest BCUT2D eigenvalue weighted by Crippen LogP contribution is -2.29. The van der Waals surface area contributed by atoms with E-state index in [0.717, 1.165) is 28.3 Å². The predicted octanol–water partition coefficient (Wildman–Crippen LogP) is 4.50. The van der Waals surface area contributed by atoms with Crippen LogP contribution >= 0.6 is 23.2 Å². The van der Waals surface area contributed by atoms with E-state index in [1.807, 2.05) is 41.0 Å². The molecule has 6 heteroatoms. The van der Waals surface area contributed by atoms with Crippen LogP contribution < -0.4 is 5.32 Å². The SMILES string of the molecule is Cc1ccc(C2=NCCc3nc4ccccc4n3C(=C(Cl)Cl)N2)cc1. The Kier molecular flexibility index (Phi) is 4.24. The highest BCUT2D eigenvalue weighted by Gasteiger charge is 2.20. The van der Waals surface area contributed by atoms with E-state index in [0.29, 0.717) is 18.8 Å². The molecule has 1 aliphatic heterocycles. The number of aromatic nitrogens is 2. The van der Waals surface area contributed by atoms with Crippen molar-refractivity contribution in [3.05, 3.63) is 70.0 Å². The van der Waals surface area contributed by atoms with Crippen molar-refractivity contribution >= 4 is 45.9 Å². The summed E-state index contributed by atoms with van der Waals surface area (Å²) in [6.07, 6.45) is 0.705. The quantitative estimate of drug-likeness (QED) is 0.685. The van der Waals surface area contributed by atoms with Crippen LogP contribution in [0.15, 0.2) is 58.0 Å². The van der Waals surface area contributed by atoms with E-state index >= 15 is 0 Å². The van der Waals surface area contributed by atoms with Crippen LogP contribution in [0, 0.1) is 6.92 Å². The van der Waals surface area contributed by atoms with Gasteiger partial charge >= 0.3 is 0 Å². The summed E-state index contributed by atoms with van der Waals surface area (Å²) in [4.78, 5) is 9.38. The second-order valence-corrected chi connectivity index (χ2v) is 6.88. The van der Waals surface area contributed by atoms with Gasteiger partial charge in [-0.2, -0.15) is 0 Å². The minimum Gasteiger partial charge on any atom is -0.324 e. The fourth-order valence-electron chi connectivity index (χ4n) is 2.98. The zero-order valence-electron chi connectivity index (χ0n) is 13.6. The maximum atomic E-state index is 6.22. The Morgan fingerprint density at radius 3 is 2.60 bits per heavy atom. The van der Waals surface area contributed by atoms with E-state index in [2.05, 4.69) is 29.4 Å². The highest BCUT2D eigenvalue weighted by atomic mass is 35.5. The van der Waals surface area contributed by atoms with Crippen LogP contribution in [0.5, 0.6) is 0 Å². The van der Waals surface area contributed by atoms with Crippen molar-refractivity contribution in [2.24, 2.45) is 4.99 Å². The van der Waals surface area contributed by atoms with Crippen molar-refractivity contribution in [3.63, 3.8) is 0 Å². The Bertz CT molecular complexity index is 996. The van der Waals surface area contributed by atoms with Gasteiger partial charge in [-0.05, 0) is 19.1 Å². The first kappa shape index (κ1) is 16.2. The summed E-state index contributed by atoms with van der Waals surface area (Å²) in [6, 6.07) is 16.1. The topological polar surface area (TPSA) is 42.2 Å². The maximum absolute atomic E-state index is 6.22. The Morgan fingerprint density at radius 2 is 1.84 bits per heavy atom. The molecule has 0 aliphatic carbocycles. The standard InChI is InChI=1S/C19H16Cl2N4/c1-12-6-8-13(9-7-12)18-22-11-10-16-23-14-4-2-3-5-15(14)25(16)19(24-18)17(20)21/h2-9H,10-11H2,1H3,(H,22,24). The van der Waals surface area contributed by atoms with E-state index in [9.17, 15) is 0 Å². The molecule has 126 valence electrons.